The van der Waals surface area contributed by atoms with E-state index < -0.39 is 5.60 Å². The largest absolute Gasteiger partial charge is 0.389 e. The first-order valence-corrected chi connectivity index (χ1v) is 6.39. The summed E-state index contributed by atoms with van der Waals surface area (Å²) in [6.07, 6.45) is 0. The predicted octanol–water partition coefficient (Wildman–Crippen LogP) is 3.79. The lowest BCUT2D eigenvalue weighted by atomic mass is 10.1. The fourth-order valence-corrected chi connectivity index (χ4v) is 2.02. The first-order valence-electron chi connectivity index (χ1n) is 5.60. The van der Waals surface area contributed by atoms with Gasteiger partial charge in [-0.25, -0.2) is 0 Å². The molecule has 0 saturated carbocycles. The Kier molecular flexibility index (Phi) is 3.40. The van der Waals surface area contributed by atoms with Crippen molar-refractivity contribution in [1.29, 1.82) is 0 Å². The first-order chi connectivity index (χ1) is 7.94. The number of halogens is 1. The van der Waals surface area contributed by atoms with Crippen molar-refractivity contribution in [3.8, 4) is 0 Å². The Morgan fingerprint density at radius 3 is 2.47 bits per heavy atom. The minimum atomic E-state index is -0.700. The van der Waals surface area contributed by atoms with Crippen LogP contribution in [-0.4, -0.2) is 17.3 Å². The van der Waals surface area contributed by atoms with Gasteiger partial charge in [0.2, 0.25) is 0 Å². The fourth-order valence-electron chi connectivity index (χ4n) is 1.64. The molecule has 0 aliphatic heterocycles. The standard InChI is InChI=1S/C14H16BrNO/c1-14(2,17)9-16-13-6-4-10-7-12(15)5-3-11(10)8-13/h3-8,16-17H,9H2,1-2H3. The molecule has 2 aromatic carbocycles. The summed E-state index contributed by atoms with van der Waals surface area (Å²) in [6, 6.07) is 12.4. The lowest BCUT2D eigenvalue weighted by molar-refractivity contribution is 0.0945. The summed E-state index contributed by atoms with van der Waals surface area (Å²) in [5.41, 5.74) is 0.330. The van der Waals surface area contributed by atoms with E-state index in [-0.39, 0.29) is 0 Å². The Bertz CT molecular complexity index is 531. The molecular weight excluding hydrogens is 278 g/mol. The van der Waals surface area contributed by atoms with Crippen LogP contribution in [0.5, 0.6) is 0 Å². The van der Waals surface area contributed by atoms with Crippen molar-refractivity contribution in [2.24, 2.45) is 0 Å². The maximum atomic E-state index is 9.66. The van der Waals surface area contributed by atoms with Crippen molar-refractivity contribution in [3.05, 3.63) is 40.9 Å². The normalized spacial score (nSPS) is 11.8. The Hall–Kier alpha value is -1.06. The molecule has 2 N–H and O–H groups in total. The van der Waals surface area contributed by atoms with Crippen LogP contribution in [0.2, 0.25) is 0 Å². The summed E-state index contributed by atoms with van der Waals surface area (Å²) < 4.78 is 1.09. The zero-order valence-corrected chi connectivity index (χ0v) is 11.6. The van der Waals surface area contributed by atoms with Gasteiger partial charge in [-0.1, -0.05) is 28.1 Å². The number of benzene rings is 2. The van der Waals surface area contributed by atoms with Gasteiger partial charge in [0, 0.05) is 16.7 Å². The maximum absolute atomic E-state index is 9.66. The highest BCUT2D eigenvalue weighted by atomic mass is 79.9. The molecule has 0 saturated heterocycles. The van der Waals surface area contributed by atoms with Crippen molar-refractivity contribution in [3.63, 3.8) is 0 Å². The molecule has 0 spiro atoms. The molecule has 0 radical (unpaired) electrons. The van der Waals surface area contributed by atoms with Gasteiger partial charge in [-0.05, 0) is 48.9 Å². The molecule has 17 heavy (non-hydrogen) atoms. The molecule has 0 atom stereocenters. The summed E-state index contributed by atoms with van der Waals surface area (Å²) in [4.78, 5) is 0. The highest BCUT2D eigenvalue weighted by molar-refractivity contribution is 9.10. The van der Waals surface area contributed by atoms with Gasteiger partial charge in [0.1, 0.15) is 0 Å². The number of nitrogens with one attached hydrogen (secondary N) is 1. The zero-order chi connectivity index (χ0) is 12.5. The Morgan fingerprint density at radius 2 is 1.76 bits per heavy atom. The fraction of sp³-hybridized carbons (Fsp3) is 0.286. The monoisotopic (exact) mass is 293 g/mol. The molecule has 0 bridgehead atoms. The molecule has 2 rings (SSSR count). The highest BCUT2D eigenvalue weighted by Gasteiger charge is 2.11. The van der Waals surface area contributed by atoms with Crippen LogP contribution in [0.15, 0.2) is 40.9 Å². The smallest absolute Gasteiger partial charge is 0.0763 e. The molecule has 3 heteroatoms. The molecule has 0 unspecified atom stereocenters. The van der Waals surface area contributed by atoms with Crippen LogP contribution >= 0.6 is 15.9 Å². The summed E-state index contributed by atoms with van der Waals surface area (Å²) in [5, 5.41) is 15.3. The maximum Gasteiger partial charge on any atom is 0.0763 e. The van der Waals surface area contributed by atoms with E-state index in [9.17, 15) is 5.11 Å². The van der Waals surface area contributed by atoms with Gasteiger partial charge in [0.15, 0.2) is 0 Å². The molecule has 0 heterocycles. The number of fused-ring (bicyclic) bond motifs is 1. The molecule has 2 nitrogen and oxygen atoms in total. The highest BCUT2D eigenvalue weighted by Crippen LogP contribution is 2.23. The summed E-state index contributed by atoms with van der Waals surface area (Å²) >= 11 is 3.46. The van der Waals surface area contributed by atoms with E-state index in [4.69, 9.17) is 0 Å². The molecule has 90 valence electrons. The third-order valence-corrected chi connectivity index (χ3v) is 3.02. The van der Waals surface area contributed by atoms with Crippen LogP contribution in [0.1, 0.15) is 13.8 Å². The second-order valence-corrected chi connectivity index (χ2v) is 5.79. The second-order valence-electron chi connectivity index (χ2n) is 4.87. The number of rotatable bonds is 3. The van der Waals surface area contributed by atoms with E-state index in [1.807, 2.05) is 12.1 Å². The van der Waals surface area contributed by atoms with Gasteiger partial charge < -0.3 is 10.4 Å². The van der Waals surface area contributed by atoms with Crippen LogP contribution in [-0.2, 0) is 0 Å². The average molecular weight is 294 g/mol. The van der Waals surface area contributed by atoms with Gasteiger partial charge in [-0.3, -0.25) is 0 Å². The Morgan fingerprint density at radius 1 is 1.12 bits per heavy atom. The minimum Gasteiger partial charge on any atom is -0.389 e. The summed E-state index contributed by atoms with van der Waals surface area (Å²) in [5.74, 6) is 0. The summed E-state index contributed by atoms with van der Waals surface area (Å²) in [6.45, 7) is 4.12. The lowest BCUT2D eigenvalue weighted by Crippen LogP contribution is -2.29. The van der Waals surface area contributed by atoms with Crippen molar-refractivity contribution < 1.29 is 5.11 Å². The Labute approximate surface area is 110 Å². The van der Waals surface area contributed by atoms with Crippen LogP contribution in [0.3, 0.4) is 0 Å². The zero-order valence-electron chi connectivity index (χ0n) is 10.00. The molecule has 2 aromatic rings. The predicted molar refractivity (Wildman–Crippen MR) is 76.4 cm³/mol. The topological polar surface area (TPSA) is 32.3 Å². The third kappa shape index (κ3) is 3.45. The second kappa shape index (κ2) is 4.67. The number of hydrogen-bond donors (Lipinski definition) is 2. The van der Waals surface area contributed by atoms with Crippen LogP contribution < -0.4 is 5.32 Å². The van der Waals surface area contributed by atoms with Gasteiger partial charge in [0.05, 0.1) is 5.60 Å². The SMILES string of the molecule is CC(C)(O)CNc1ccc2cc(Br)ccc2c1. The van der Waals surface area contributed by atoms with Gasteiger partial charge in [-0.15, -0.1) is 0 Å². The van der Waals surface area contributed by atoms with E-state index in [2.05, 4.69) is 45.5 Å². The molecule has 0 fully saturated rings. The van der Waals surface area contributed by atoms with Crippen molar-refractivity contribution in [1.82, 2.24) is 0 Å². The van der Waals surface area contributed by atoms with Crippen LogP contribution in [0.4, 0.5) is 5.69 Å². The van der Waals surface area contributed by atoms with Gasteiger partial charge in [-0.2, -0.15) is 0 Å². The molecule has 0 amide bonds. The molecular formula is C14H16BrNO. The van der Waals surface area contributed by atoms with Gasteiger partial charge in [0.25, 0.3) is 0 Å². The van der Waals surface area contributed by atoms with Crippen molar-refractivity contribution in [2.75, 3.05) is 11.9 Å². The Balaban J connectivity index is 2.23. The quantitative estimate of drug-likeness (QED) is 0.902. The van der Waals surface area contributed by atoms with E-state index in [0.29, 0.717) is 6.54 Å². The number of hydrogen-bond acceptors (Lipinski definition) is 2. The molecule has 0 aliphatic rings. The summed E-state index contributed by atoms with van der Waals surface area (Å²) in [7, 11) is 0. The van der Waals surface area contributed by atoms with E-state index in [0.717, 1.165) is 10.2 Å². The van der Waals surface area contributed by atoms with Crippen LogP contribution in [0, 0.1) is 0 Å². The third-order valence-electron chi connectivity index (χ3n) is 2.53. The van der Waals surface area contributed by atoms with E-state index >= 15 is 0 Å². The first kappa shape index (κ1) is 12.4. The van der Waals surface area contributed by atoms with E-state index in [1.54, 1.807) is 13.8 Å². The number of aliphatic hydroxyl groups is 1. The van der Waals surface area contributed by atoms with Gasteiger partial charge >= 0.3 is 0 Å². The average Bonchev–Trinajstić information content (AvgIpc) is 2.25. The van der Waals surface area contributed by atoms with E-state index in [1.165, 1.54) is 10.8 Å². The molecule has 0 aromatic heterocycles. The molecule has 0 aliphatic carbocycles. The number of anilines is 1. The minimum absolute atomic E-state index is 0.537. The van der Waals surface area contributed by atoms with Crippen molar-refractivity contribution in [2.45, 2.75) is 19.4 Å². The van der Waals surface area contributed by atoms with Crippen molar-refractivity contribution >= 4 is 32.4 Å². The van der Waals surface area contributed by atoms with Crippen LogP contribution in [0.25, 0.3) is 10.8 Å². The lowest BCUT2D eigenvalue weighted by Gasteiger charge is -2.18.